The van der Waals surface area contributed by atoms with E-state index in [1.54, 1.807) is 7.11 Å². The predicted octanol–water partition coefficient (Wildman–Crippen LogP) is 0.641. The molecule has 0 spiro atoms. The number of esters is 1. The molecule has 0 saturated carbocycles. The van der Waals surface area contributed by atoms with Crippen molar-refractivity contribution >= 4 is 28.8 Å². The highest BCUT2D eigenvalue weighted by molar-refractivity contribution is 8.18. The fourth-order valence-corrected chi connectivity index (χ4v) is 2.33. The van der Waals surface area contributed by atoms with Gasteiger partial charge in [0.15, 0.2) is 5.17 Å². The minimum atomic E-state index is -0.546. The van der Waals surface area contributed by atoms with Gasteiger partial charge in [-0.05, 0) is 18.7 Å². The smallest absolute Gasteiger partial charge is 0.331 e. The summed E-state index contributed by atoms with van der Waals surface area (Å²) in [5.74, 6) is -0.787. The second kappa shape index (κ2) is 7.17. The van der Waals surface area contributed by atoms with Crippen molar-refractivity contribution in [3.8, 4) is 0 Å². The highest BCUT2D eigenvalue weighted by Crippen LogP contribution is 2.30. The van der Waals surface area contributed by atoms with Crippen LogP contribution in [0.2, 0.25) is 0 Å². The van der Waals surface area contributed by atoms with Crippen LogP contribution in [0, 0.1) is 0 Å². The topological polar surface area (TPSA) is 68.2 Å². The number of thioether (sulfide) groups is 1. The molecule has 0 aromatic rings. The lowest BCUT2D eigenvalue weighted by molar-refractivity contribution is -0.135. The van der Waals surface area contributed by atoms with E-state index in [0.717, 1.165) is 0 Å². The molecular weight excluding hydrogens is 256 g/mol. The number of amides is 1. The number of methoxy groups -OCH3 is 2. The number of rotatable bonds is 5. The molecule has 0 atom stereocenters. The molecule has 18 heavy (non-hydrogen) atoms. The summed E-state index contributed by atoms with van der Waals surface area (Å²) in [6, 6.07) is 0. The molecule has 0 unspecified atom stereocenters. The van der Waals surface area contributed by atoms with Gasteiger partial charge in [0.25, 0.3) is 5.91 Å². The number of carbonyl (C=O) groups excluding carboxylic acids is 2. The molecule has 1 aliphatic heterocycles. The lowest BCUT2D eigenvalue weighted by atomic mass is 10.4. The van der Waals surface area contributed by atoms with E-state index < -0.39 is 5.97 Å². The zero-order valence-corrected chi connectivity index (χ0v) is 11.5. The summed E-state index contributed by atoms with van der Waals surface area (Å²) in [6.45, 7) is 3.29. The number of hydrogen-bond donors (Lipinski definition) is 0. The van der Waals surface area contributed by atoms with Gasteiger partial charge in [0.05, 0.1) is 25.2 Å². The van der Waals surface area contributed by atoms with E-state index in [1.807, 2.05) is 6.92 Å². The van der Waals surface area contributed by atoms with Gasteiger partial charge in [-0.2, -0.15) is 0 Å². The van der Waals surface area contributed by atoms with Crippen LogP contribution >= 0.6 is 11.8 Å². The van der Waals surface area contributed by atoms with Crippen molar-refractivity contribution in [3.05, 3.63) is 11.0 Å². The number of amidine groups is 1. The SMILES string of the molecule is CCN=C1SC(=CC(=O)OC)C(=O)N1CCOC. The van der Waals surface area contributed by atoms with E-state index in [2.05, 4.69) is 9.73 Å². The molecule has 0 bridgehead atoms. The number of hydrogen-bond acceptors (Lipinski definition) is 6. The normalized spacial score (nSPS) is 19.9. The molecule has 0 aliphatic carbocycles. The first-order chi connectivity index (χ1) is 8.63. The Morgan fingerprint density at radius 3 is 2.78 bits per heavy atom. The molecular formula is C11H16N2O4S. The van der Waals surface area contributed by atoms with E-state index in [9.17, 15) is 9.59 Å². The molecule has 1 heterocycles. The Morgan fingerprint density at radius 1 is 1.50 bits per heavy atom. The van der Waals surface area contributed by atoms with Gasteiger partial charge >= 0.3 is 5.97 Å². The fraction of sp³-hybridized carbons (Fsp3) is 0.545. The lowest BCUT2D eigenvalue weighted by Crippen LogP contribution is -2.32. The second-order valence-electron chi connectivity index (χ2n) is 3.34. The van der Waals surface area contributed by atoms with Gasteiger partial charge in [0.2, 0.25) is 0 Å². The number of aliphatic imine (C=N–C) groups is 1. The van der Waals surface area contributed by atoms with Gasteiger partial charge in [-0.25, -0.2) is 4.79 Å². The molecule has 1 aliphatic rings. The van der Waals surface area contributed by atoms with Gasteiger partial charge in [-0.3, -0.25) is 14.7 Å². The third kappa shape index (κ3) is 3.58. The predicted molar refractivity (Wildman–Crippen MR) is 69.3 cm³/mol. The van der Waals surface area contributed by atoms with E-state index >= 15 is 0 Å². The maximum absolute atomic E-state index is 12.0. The molecule has 0 radical (unpaired) electrons. The van der Waals surface area contributed by atoms with Gasteiger partial charge in [0, 0.05) is 19.7 Å². The monoisotopic (exact) mass is 272 g/mol. The Bertz CT molecular complexity index is 393. The van der Waals surface area contributed by atoms with Crippen LogP contribution in [0.1, 0.15) is 6.92 Å². The number of nitrogens with zero attached hydrogens (tertiary/aromatic N) is 2. The molecule has 7 heteroatoms. The highest BCUT2D eigenvalue weighted by Gasteiger charge is 2.33. The quantitative estimate of drug-likeness (QED) is 0.543. The minimum Gasteiger partial charge on any atom is -0.466 e. The van der Waals surface area contributed by atoms with Crippen LogP contribution in [-0.2, 0) is 19.1 Å². The van der Waals surface area contributed by atoms with Gasteiger partial charge in [-0.1, -0.05) is 0 Å². The molecule has 1 saturated heterocycles. The molecule has 0 aromatic heterocycles. The minimum absolute atomic E-state index is 0.241. The summed E-state index contributed by atoms with van der Waals surface area (Å²) in [7, 11) is 2.84. The maximum Gasteiger partial charge on any atom is 0.331 e. The summed E-state index contributed by atoms with van der Waals surface area (Å²) >= 11 is 1.18. The lowest BCUT2D eigenvalue weighted by Gasteiger charge is -2.14. The van der Waals surface area contributed by atoms with Crippen LogP contribution < -0.4 is 0 Å². The van der Waals surface area contributed by atoms with Gasteiger partial charge < -0.3 is 9.47 Å². The average Bonchev–Trinajstić information content (AvgIpc) is 2.64. The van der Waals surface area contributed by atoms with Gasteiger partial charge in [0.1, 0.15) is 0 Å². The van der Waals surface area contributed by atoms with Crippen LogP contribution in [0.25, 0.3) is 0 Å². The molecule has 1 fully saturated rings. The summed E-state index contributed by atoms with van der Waals surface area (Å²) < 4.78 is 9.45. The Morgan fingerprint density at radius 2 is 2.22 bits per heavy atom. The number of carbonyl (C=O) groups is 2. The van der Waals surface area contributed by atoms with Crippen molar-refractivity contribution in [2.24, 2.45) is 4.99 Å². The van der Waals surface area contributed by atoms with Crippen LogP contribution in [-0.4, -0.2) is 55.9 Å². The zero-order chi connectivity index (χ0) is 13.5. The van der Waals surface area contributed by atoms with Crippen LogP contribution in [0.3, 0.4) is 0 Å². The van der Waals surface area contributed by atoms with Crippen molar-refractivity contribution in [1.82, 2.24) is 4.90 Å². The number of ether oxygens (including phenoxy) is 2. The Balaban J connectivity index is 2.89. The molecule has 6 nitrogen and oxygen atoms in total. The first-order valence-corrected chi connectivity index (χ1v) is 6.28. The van der Waals surface area contributed by atoms with E-state index in [1.165, 1.54) is 29.8 Å². The van der Waals surface area contributed by atoms with E-state index in [-0.39, 0.29) is 5.91 Å². The van der Waals surface area contributed by atoms with Crippen molar-refractivity contribution in [1.29, 1.82) is 0 Å². The third-order valence-corrected chi connectivity index (χ3v) is 3.20. The Hall–Kier alpha value is -1.34. The first-order valence-electron chi connectivity index (χ1n) is 5.46. The highest BCUT2D eigenvalue weighted by atomic mass is 32.2. The molecule has 0 aromatic carbocycles. The van der Waals surface area contributed by atoms with Crippen molar-refractivity contribution in [2.45, 2.75) is 6.92 Å². The van der Waals surface area contributed by atoms with E-state index in [4.69, 9.17) is 4.74 Å². The van der Waals surface area contributed by atoms with E-state index in [0.29, 0.717) is 29.8 Å². The van der Waals surface area contributed by atoms with Crippen molar-refractivity contribution in [3.63, 3.8) is 0 Å². The van der Waals surface area contributed by atoms with Crippen LogP contribution in [0.5, 0.6) is 0 Å². The van der Waals surface area contributed by atoms with Crippen LogP contribution in [0.4, 0.5) is 0 Å². The molecule has 100 valence electrons. The Kier molecular flexibility index (Phi) is 5.87. The Labute approximate surface area is 110 Å². The largest absolute Gasteiger partial charge is 0.466 e. The summed E-state index contributed by atoms with van der Waals surface area (Å²) in [4.78, 5) is 29.3. The maximum atomic E-state index is 12.0. The summed E-state index contributed by atoms with van der Waals surface area (Å²) in [5, 5.41) is 0.592. The summed E-state index contributed by atoms with van der Waals surface area (Å²) in [5.41, 5.74) is 0. The molecule has 1 amide bonds. The first kappa shape index (κ1) is 14.7. The van der Waals surface area contributed by atoms with Crippen molar-refractivity contribution in [2.75, 3.05) is 33.9 Å². The van der Waals surface area contributed by atoms with Crippen LogP contribution in [0.15, 0.2) is 16.0 Å². The van der Waals surface area contributed by atoms with Crippen molar-refractivity contribution < 1.29 is 19.1 Å². The third-order valence-electron chi connectivity index (χ3n) is 2.15. The second-order valence-corrected chi connectivity index (χ2v) is 4.35. The molecule has 1 rings (SSSR count). The standard InChI is InChI=1S/C11H16N2O4S/c1-4-12-11-13(5-6-16-2)10(15)8(18-11)7-9(14)17-3/h7H,4-6H2,1-3H3. The summed E-state index contributed by atoms with van der Waals surface area (Å²) in [6.07, 6.45) is 1.19. The zero-order valence-electron chi connectivity index (χ0n) is 10.6. The average molecular weight is 272 g/mol. The molecule has 0 N–H and O–H groups in total. The fourth-order valence-electron chi connectivity index (χ4n) is 1.31. The van der Waals surface area contributed by atoms with Gasteiger partial charge in [-0.15, -0.1) is 0 Å².